The van der Waals surface area contributed by atoms with Crippen molar-refractivity contribution in [3.05, 3.63) is 29.3 Å². The van der Waals surface area contributed by atoms with E-state index in [9.17, 15) is 9.90 Å². The van der Waals surface area contributed by atoms with Crippen molar-refractivity contribution in [3.8, 4) is 5.75 Å². The normalized spacial score (nSPS) is 22.9. The summed E-state index contributed by atoms with van der Waals surface area (Å²) in [4.78, 5) is 11.5. The molecule has 0 radical (unpaired) electrons. The number of fused-ring (bicyclic) bond motifs is 1. The van der Waals surface area contributed by atoms with Crippen molar-refractivity contribution in [1.29, 1.82) is 0 Å². The van der Waals surface area contributed by atoms with E-state index < -0.39 is 11.6 Å². The van der Waals surface area contributed by atoms with Gasteiger partial charge in [0, 0.05) is 12.7 Å². The molecule has 0 amide bonds. The molecule has 92 valence electrons. The molecule has 1 aromatic rings. The highest BCUT2D eigenvalue weighted by molar-refractivity contribution is 5.80. The second-order valence-electron chi connectivity index (χ2n) is 4.21. The van der Waals surface area contributed by atoms with Gasteiger partial charge in [-0.1, -0.05) is 6.07 Å². The van der Waals surface area contributed by atoms with E-state index in [4.69, 9.17) is 9.47 Å². The van der Waals surface area contributed by atoms with Gasteiger partial charge >= 0.3 is 5.97 Å². The monoisotopic (exact) mass is 236 g/mol. The Bertz CT molecular complexity index is 441. The van der Waals surface area contributed by atoms with Crippen LogP contribution < -0.4 is 4.74 Å². The highest BCUT2D eigenvalue weighted by atomic mass is 16.5. The van der Waals surface area contributed by atoms with E-state index in [1.165, 1.54) is 7.11 Å². The van der Waals surface area contributed by atoms with Crippen molar-refractivity contribution in [2.45, 2.75) is 24.9 Å². The number of rotatable bonds is 3. The fourth-order valence-electron chi connectivity index (χ4n) is 2.46. The number of ether oxygens (including phenoxy) is 2. The molecule has 0 heterocycles. The number of aliphatic carboxylic acids is 1. The van der Waals surface area contributed by atoms with Gasteiger partial charge in [0.05, 0.1) is 7.11 Å². The minimum atomic E-state index is -1.22. The molecule has 1 aliphatic carbocycles. The van der Waals surface area contributed by atoms with Crippen LogP contribution in [0.3, 0.4) is 0 Å². The first kappa shape index (κ1) is 11.9. The van der Waals surface area contributed by atoms with E-state index in [1.807, 2.05) is 12.1 Å². The van der Waals surface area contributed by atoms with Crippen molar-refractivity contribution in [1.82, 2.24) is 0 Å². The molecule has 1 aliphatic rings. The Kier molecular flexibility index (Phi) is 3.07. The largest absolute Gasteiger partial charge is 0.497 e. The van der Waals surface area contributed by atoms with Crippen LogP contribution in [0.1, 0.15) is 24.0 Å². The van der Waals surface area contributed by atoms with Gasteiger partial charge in [-0.05, 0) is 37.0 Å². The molecule has 0 spiro atoms. The minimum absolute atomic E-state index is 0.499. The Balaban J connectivity index is 2.58. The molecule has 0 bridgehead atoms. The van der Waals surface area contributed by atoms with E-state index >= 15 is 0 Å². The molecule has 0 aromatic heterocycles. The van der Waals surface area contributed by atoms with Gasteiger partial charge in [0.1, 0.15) is 5.75 Å². The number of carboxylic acids is 1. The van der Waals surface area contributed by atoms with Gasteiger partial charge in [-0.3, -0.25) is 0 Å². The third-order valence-corrected chi connectivity index (χ3v) is 3.42. The maximum atomic E-state index is 11.5. The van der Waals surface area contributed by atoms with Gasteiger partial charge in [0.25, 0.3) is 0 Å². The summed E-state index contributed by atoms with van der Waals surface area (Å²) in [5.41, 5.74) is 0.529. The van der Waals surface area contributed by atoms with Crippen LogP contribution in [0.15, 0.2) is 18.2 Å². The van der Waals surface area contributed by atoms with E-state index in [0.29, 0.717) is 12.2 Å². The van der Waals surface area contributed by atoms with Crippen LogP contribution in [0.4, 0.5) is 0 Å². The first-order valence-electron chi connectivity index (χ1n) is 5.60. The average Bonchev–Trinajstić information content (AvgIpc) is 2.37. The molecule has 1 unspecified atom stereocenters. The summed E-state index contributed by atoms with van der Waals surface area (Å²) in [6.07, 6.45) is 2.20. The van der Waals surface area contributed by atoms with Gasteiger partial charge < -0.3 is 14.6 Å². The van der Waals surface area contributed by atoms with E-state index in [1.54, 1.807) is 13.2 Å². The van der Waals surface area contributed by atoms with E-state index in [0.717, 1.165) is 24.0 Å². The summed E-state index contributed by atoms with van der Waals surface area (Å²) < 4.78 is 10.5. The van der Waals surface area contributed by atoms with Crippen LogP contribution in [-0.4, -0.2) is 25.3 Å². The maximum Gasteiger partial charge on any atom is 0.340 e. The lowest BCUT2D eigenvalue weighted by Crippen LogP contribution is -2.40. The van der Waals surface area contributed by atoms with Gasteiger partial charge in [-0.2, -0.15) is 0 Å². The van der Waals surface area contributed by atoms with Crippen molar-refractivity contribution in [3.63, 3.8) is 0 Å². The molecule has 1 atom stereocenters. The first-order valence-corrected chi connectivity index (χ1v) is 5.60. The Labute approximate surface area is 100 Å². The van der Waals surface area contributed by atoms with Crippen molar-refractivity contribution < 1.29 is 19.4 Å². The molecule has 2 rings (SSSR count). The standard InChI is InChI=1S/C13H16O4/c1-16-10-6-5-9-4-3-7-13(17-2,12(14)15)11(9)8-10/h5-6,8H,3-4,7H2,1-2H3,(H,14,15). The number of benzene rings is 1. The second-order valence-corrected chi connectivity index (χ2v) is 4.21. The van der Waals surface area contributed by atoms with Gasteiger partial charge in [0.15, 0.2) is 5.60 Å². The number of methoxy groups -OCH3 is 2. The van der Waals surface area contributed by atoms with Crippen molar-refractivity contribution in [2.24, 2.45) is 0 Å². The summed E-state index contributed by atoms with van der Waals surface area (Å²) in [6.45, 7) is 0. The SMILES string of the molecule is COc1ccc2c(c1)C(OC)(C(=O)O)CCC2. The lowest BCUT2D eigenvalue weighted by atomic mass is 9.79. The summed E-state index contributed by atoms with van der Waals surface area (Å²) in [5, 5.41) is 9.43. The fraction of sp³-hybridized carbons (Fsp3) is 0.462. The molecule has 0 saturated carbocycles. The highest BCUT2D eigenvalue weighted by Crippen LogP contribution is 2.39. The van der Waals surface area contributed by atoms with Gasteiger partial charge in [-0.15, -0.1) is 0 Å². The van der Waals surface area contributed by atoms with Crippen LogP contribution in [-0.2, 0) is 21.6 Å². The molecular formula is C13H16O4. The fourth-order valence-corrected chi connectivity index (χ4v) is 2.46. The molecule has 0 saturated heterocycles. The second kappa shape index (κ2) is 4.37. The molecular weight excluding hydrogens is 220 g/mol. The zero-order chi connectivity index (χ0) is 12.5. The first-order chi connectivity index (χ1) is 8.14. The maximum absolute atomic E-state index is 11.5. The molecule has 4 nitrogen and oxygen atoms in total. The Morgan fingerprint density at radius 1 is 1.41 bits per heavy atom. The molecule has 4 heteroatoms. The Hall–Kier alpha value is -1.55. The zero-order valence-electron chi connectivity index (χ0n) is 10.0. The number of hydrogen-bond acceptors (Lipinski definition) is 3. The summed E-state index contributed by atoms with van der Waals surface area (Å²) in [7, 11) is 3.02. The highest BCUT2D eigenvalue weighted by Gasteiger charge is 2.44. The predicted molar refractivity (Wildman–Crippen MR) is 62.3 cm³/mol. The van der Waals surface area contributed by atoms with Crippen LogP contribution in [0.2, 0.25) is 0 Å². The number of hydrogen-bond donors (Lipinski definition) is 1. The zero-order valence-corrected chi connectivity index (χ0v) is 10.0. The van der Waals surface area contributed by atoms with E-state index in [2.05, 4.69) is 0 Å². The third kappa shape index (κ3) is 1.78. The summed E-state index contributed by atoms with van der Waals surface area (Å²) in [6, 6.07) is 5.54. The Morgan fingerprint density at radius 3 is 2.76 bits per heavy atom. The smallest absolute Gasteiger partial charge is 0.340 e. The van der Waals surface area contributed by atoms with Crippen molar-refractivity contribution >= 4 is 5.97 Å². The topological polar surface area (TPSA) is 55.8 Å². The van der Waals surface area contributed by atoms with Crippen LogP contribution in [0.25, 0.3) is 0 Å². The quantitative estimate of drug-likeness (QED) is 0.871. The predicted octanol–water partition coefficient (Wildman–Crippen LogP) is 1.96. The summed E-state index contributed by atoms with van der Waals surface area (Å²) >= 11 is 0. The molecule has 0 aliphatic heterocycles. The number of carboxylic acid groups (broad SMARTS) is 1. The third-order valence-electron chi connectivity index (χ3n) is 3.42. The number of aryl methyl sites for hydroxylation is 1. The number of carbonyl (C=O) groups is 1. The van der Waals surface area contributed by atoms with Gasteiger partial charge in [-0.25, -0.2) is 4.79 Å². The lowest BCUT2D eigenvalue weighted by Gasteiger charge is -2.34. The molecule has 1 aromatic carbocycles. The molecule has 17 heavy (non-hydrogen) atoms. The average molecular weight is 236 g/mol. The van der Waals surface area contributed by atoms with Crippen LogP contribution in [0, 0.1) is 0 Å². The van der Waals surface area contributed by atoms with E-state index in [-0.39, 0.29) is 0 Å². The molecule has 1 N–H and O–H groups in total. The lowest BCUT2D eigenvalue weighted by molar-refractivity contribution is -0.165. The minimum Gasteiger partial charge on any atom is -0.497 e. The van der Waals surface area contributed by atoms with Crippen LogP contribution >= 0.6 is 0 Å². The Morgan fingerprint density at radius 2 is 2.18 bits per heavy atom. The van der Waals surface area contributed by atoms with Crippen LogP contribution in [0.5, 0.6) is 5.75 Å². The molecule has 0 fully saturated rings. The van der Waals surface area contributed by atoms with Gasteiger partial charge in [0.2, 0.25) is 0 Å². The van der Waals surface area contributed by atoms with Crippen molar-refractivity contribution in [2.75, 3.05) is 14.2 Å². The summed E-state index contributed by atoms with van der Waals surface area (Å²) in [5.74, 6) is -0.275.